The summed E-state index contributed by atoms with van der Waals surface area (Å²) in [6, 6.07) is 19.0. The molecule has 1 heterocycles. The van der Waals surface area contributed by atoms with E-state index in [1.807, 2.05) is 25.1 Å². The van der Waals surface area contributed by atoms with Crippen LogP contribution in [0, 0.1) is 17.1 Å². The van der Waals surface area contributed by atoms with Crippen molar-refractivity contribution in [3.63, 3.8) is 0 Å². The molecule has 0 aliphatic carbocycles. The number of nitrogens with one attached hydrogen (secondary N) is 1. The van der Waals surface area contributed by atoms with Crippen LogP contribution in [0.25, 0.3) is 0 Å². The summed E-state index contributed by atoms with van der Waals surface area (Å²) in [4.78, 5) is 18.8. The van der Waals surface area contributed by atoms with Crippen LogP contribution >= 0.6 is 0 Å². The summed E-state index contributed by atoms with van der Waals surface area (Å²) in [6.45, 7) is 3.31. The Balaban J connectivity index is 1.71. The Labute approximate surface area is 169 Å². The number of aromatic nitrogens is 1. The Hall–Kier alpha value is -3.72. The zero-order valence-corrected chi connectivity index (χ0v) is 16.1. The van der Waals surface area contributed by atoms with Crippen LogP contribution in [0.1, 0.15) is 34.0 Å². The summed E-state index contributed by atoms with van der Waals surface area (Å²) in [5, 5.41) is 12.3. The lowest BCUT2D eigenvalue weighted by molar-refractivity contribution is 0.0752. The number of carbonyl (C=O) groups excluding carboxylic acids is 1. The van der Waals surface area contributed by atoms with Crippen LogP contribution in [0.5, 0.6) is 0 Å². The highest BCUT2D eigenvalue weighted by molar-refractivity contribution is 5.94. The molecule has 0 spiro atoms. The van der Waals surface area contributed by atoms with Gasteiger partial charge in [0.25, 0.3) is 5.91 Å². The Morgan fingerprint density at radius 3 is 2.66 bits per heavy atom. The zero-order valence-electron chi connectivity index (χ0n) is 16.1. The van der Waals surface area contributed by atoms with E-state index in [4.69, 9.17) is 5.26 Å². The molecule has 1 N–H and O–H groups in total. The van der Waals surface area contributed by atoms with Crippen LogP contribution in [0.2, 0.25) is 0 Å². The molecule has 146 valence electrons. The molecule has 6 heteroatoms. The van der Waals surface area contributed by atoms with Gasteiger partial charge < -0.3 is 10.2 Å². The summed E-state index contributed by atoms with van der Waals surface area (Å²) in [6.07, 6.45) is 1.62. The highest BCUT2D eigenvalue weighted by atomic mass is 19.1. The summed E-state index contributed by atoms with van der Waals surface area (Å²) in [7, 11) is 0. The Bertz CT molecular complexity index is 1030. The quantitative estimate of drug-likeness (QED) is 0.653. The van der Waals surface area contributed by atoms with Crippen molar-refractivity contribution in [1.82, 2.24) is 9.88 Å². The van der Waals surface area contributed by atoms with Crippen LogP contribution in [-0.4, -0.2) is 22.3 Å². The number of nitrogens with zero attached hydrogens (tertiary/aromatic N) is 3. The van der Waals surface area contributed by atoms with Gasteiger partial charge in [0, 0.05) is 31.4 Å². The molecular formula is C23H21FN4O. The molecule has 0 saturated carbocycles. The fourth-order valence-electron chi connectivity index (χ4n) is 2.96. The summed E-state index contributed by atoms with van der Waals surface area (Å²) in [5.41, 5.74) is 2.83. The van der Waals surface area contributed by atoms with Crippen molar-refractivity contribution in [3.8, 4) is 6.07 Å². The normalized spacial score (nSPS) is 10.2. The van der Waals surface area contributed by atoms with E-state index in [0.717, 1.165) is 11.1 Å². The van der Waals surface area contributed by atoms with Gasteiger partial charge in [0.2, 0.25) is 0 Å². The van der Waals surface area contributed by atoms with Gasteiger partial charge in [-0.15, -0.1) is 0 Å². The molecule has 0 aliphatic heterocycles. The summed E-state index contributed by atoms with van der Waals surface area (Å²) >= 11 is 0. The molecule has 0 bridgehead atoms. The molecule has 0 unspecified atom stereocenters. The Morgan fingerprint density at radius 1 is 1.14 bits per heavy atom. The fraction of sp³-hybridized carbons (Fsp3) is 0.174. The summed E-state index contributed by atoms with van der Waals surface area (Å²) in [5.74, 6) is 0.128. The van der Waals surface area contributed by atoms with Gasteiger partial charge in [0.1, 0.15) is 17.7 Å². The predicted octanol–water partition coefficient (Wildman–Crippen LogP) is 4.37. The van der Waals surface area contributed by atoms with Crippen LogP contribution < -0.4 is 5.32 Å². The van der Waals surface area contributed by atoms with E-state index in [9.17, 15) is 9.18 Å². The van der Waals surface area contributed by atoms with Crippen molar-refractivity contribution in [3.05, 3.63) is 94.9 Å². The van der Waals surface area contributed by atoms with Crippen molar-refractivity contribution in [2.24, 2.45) is 0 Å². The third kappa shape index (κ3) is 5.17. The average Bonchev–Trinajstić information content (AvgIpc) is 2.77. The van der Waals surface area contributed by atoms with E-state index in [-0.39, 0.29) is 11.7 Å². The smallest absolute Gasteiger partial charge is 0.254 e. The first-order valence-corrected chi connectivity index (χ1v) is 9.32. The number of hydrogen-bond acceptors (Lipinski definition) is 4. The van der Waals surface area contributed by atoms with E-state index in [1.54, 1.807) is 41.4 Å². The third-order valence-electron chi connectivity index (χ3n) is 4.52. The van der Waals surface area contributed by atoms with Crippen molar-refractivity contribution >= 4 is 11.7 Å². The number of nitriles is 1. The minimum atomic E-state index is -0.296. The maximum Gasteiger partial charge on any atom is 0.254 e. The molecular weight excluding hydrogens is 367 g/mol. The molecule has 1 aromatic heterocycles. The SMILES string of the molecule is CCN(Cc1ccc(F)cc1)C(=O)c1cccc(CNc2ncccc2C#N)c1. The molecule has 1 amide bonds. The van der Waals surface area contributed by atoms with Gasteiger partial charge in [-0.05, 0) is 54.4 Å². The minimum Gasteiger partial charge on any atom is -0.365 e. The molecule has 0 fully saturated rings. The Morgan fingerprint density at radius 2 is 1.93 bits per heavy atom. The van der Waals surface area contributed by atoms with Crippen molar-refractivity contribution in [2.45, 2.75) is 20.0 Å². The fourth-order valence-corrected chi connectivity index (χ4v) is 2.96. The molecule has 0 aliphatic rings. The zero-order chi connectivity index (χ0) is 20.6. The highest BCUT2D eigenvalue weighted by Crippen LogP contribution is 2.15. The maximum absolute atomic E-state index is 13.1. The number of anilines is 1. The van der Waals surface area contributed by atoms with Crippen LogP contribution in [0.15, 0.2) is 66.9 Å². The van der Waals surface area contributed by atoms with E-state index in [2.05, 4.69) is 16.4 Å². The van der Waals surface area contributed by atoms with Crippen molar-refractivity contribution < 1.29 is 9.18 Å². The molecule has 3 aromatic rings. The standard InChI is InChI=1S/C23H21FN4O/c1-2-28(16-17-8-10-21(24)11-9-17)23(29)19-6-3-5-18(13-19)15-27-22-20(14-25)7-4-12-26-22/h3-13H,2,15-16H2,1H3,(H,26,27). The van der Waals surface area contributed by atoms with E-state index in [0.29, 0.717) is 36.6 Å². The number of benzene rings is 2. The van der Waals surface area contributed by atoms with E-state index < -0.39 is 0 Å². The maximum atomic E-state index is 13.1. The lowest BCUT2D eigenvalue weighted by Crippen LogP contribution is -2.30. The third-order valence-corrected chi connectivity index (χ3v) is 4.52. The predicted molar refractivity (Wildman–Crippen MR) is 110 cm³/mol. The number of hydrogen-bond donors (Lipinski definition) is 1. The molecule has 5 nitrogen and oxygen atoms in total. The van der Waals surface area contributed by atoms with Gasteiger partial charge in [-0.3, -0.25) is 4.79 Å². The summed E-state index contributed by atoms with van der Waals surface area (Å²) < 4.78 is 13.1. The molecule has 29 heavy (non-hydrogen) atoms. The first-order chi connectivity index (χ1) is 14.1. The number of halogens is 1. The van der Waals surface area contributed by atoms with Gasteiger partial charge in [-0.25, -0.2) is 9.37 Å². The second kappa shape index (κ2) is 9.47. The lowest BCUT2D eigenvalue weighted by Gasteiger charge is -2.21. The molecule has 0 saturated heterocycles. The van der Waals surface area contributed by atoms with Crippen molar-refractivity contribution in [1.29, 1.82) is 5.26 Å². The monoisotopic (exact) mass is 388 g/mol. The minimum absolute atomic E-state index is 0.0887. The molecule has 3 rings (SSSR count). The first kappa shape index (κ1) is 20.0. The molecule has 2 aromatic carbocycles. The van der Waals surface area contributed by atoms with E-state index >= 15 is 0 Å². The number of carbonyl (C=O) groups is 1. The van der Waals surface area contributed by atoms with Crippen LogP contribution in [0.3, 0.4) is 0 Å². The second-order valence-corrected chi connectivity index (χ2v) is 6.51. The van der Waals surface area contributed by atoms with Gasteiger partial charge in [-0.2, -0.15) is 5.26 Å². The van der Waals surface area contributed by atoms with Crippen LogP contribution in [-0.2, 0) is 13.1 Å². The lowest BCUT2D eigenvalue weighted by atomic mass is 10.1. The molecule has 0 radical (unpaired) electrons. The van der Waals surface area contributed by atoms with Gasteiger partial charge in [-0.1, -0.05) is 24.3 Å². The number of pyridine rings is 1. The number of rotatable bonds is 7. The van der Waals surface area contributed by atoms with Gasteiger partial charge in [0.15, 0.2) is 0 Å². The highest BCUT2D eigenvalue weighted by Gasteiger charge is 2.15. The Kier molecular flexibility index (Phi) is 6.54. The van der Waals surface area contributed by atoms with Crippen LogP contribution in [0.4, 0.5) is 10.2 Å². The van der Waals surface area contributed by atoms with E-state index in [1.165, 1.54) is 12.1 Å². The first-order valence-electron chi connectivity index (χ1n) is 9.32. The van der Waals surface area contributed by atoms with Gasteiger partial charge >= 0.3 is 0 Å². The second-order valence-electron chi connectivity index (χ2n) is 6.51. The van der Waals surface area contributed by atoms with Gasteiger partial charge in [0.05, 0.1) is 5.56 Å². The average molecular weight is 388 g/mol. The molecule has 0 atom stereocenters. The topological polar surface area (TPSA) is 69.0 Å². The van der Waals surface area contributed by atoms with Crippen molar-refractivity contribution in [2.75, 3.05) is 11.9 Å². The number of amides is 1. The largest absolute Gasteiger partial charge is 0.365 e.